The predicted molar refractivity (Wildman–Crippen MR) is 67.8 cm³/mol. The van der Waals surface area contributed by atoms with Crippen LogP contribution >= 0.6 is 23.1 Å². The Morgan fingerprint density at radius 3 is 2.62 bits per heavy atom. The molecule has 1 aromatic heterocycles. The van der Waals surface area contributed by atoms with Crippen LogP contribution in [-0.4, -0.2) is 27.6 Å². The summed E-state index contributed by atoms with van der Waals surface area (Å²) in [5.74, 6) is 0.897. The molecule has 1 aliphatic carbocycles. The van der Waals surface area contributed by atoms with Crippen molar-refractivity contribution in [1.29, 1.82) is 0 Å². The average molecular weight is 260 g/mol. The van der Waals surface area contributed by atoms with E-state index in [-0.39, 0.29) is 0 Å². The van der Waals surface area contributed by atoms with Crippen LogP contribution in [-0.2, 0) is 6.54 Å². The van der Waals surface area contributed by atoms with E-state index in [2.05, 4.69) is 28.5 Å². The van der Waals surface area contributed by atoms with Gasteiger partial charge in [-0.1, -0.05) is 23.0 Å². The minimum atomic E-state index is 0.689. The zero-order chi connectivity index (χ0) is 11.5. The lowest BCUT2D eigenvalue weighted by Gasteiger charge is -2.33. The maximum atomic E-state index is 6.01. The van der Waals surface area contributed by atoms with E-state index in [0.717, 1.165) is 22.5 Å². The summed E-state index contributed by atoms with van der Waals surface area (Å²) in [6.07, 6.45) is 5.29. The maximum absolute atomic E-state index is 6.01. The summed E-state index contributed by atoms with van der Waals surface area (Å²) in [6.45, 7) is 3.17. The molecule has 3 nitrogen and oxygen atoms in total. The summed E-state index contributed by atoms with van der Waals surface area (Å²) in [7, 11) is 2.16. The lowest BCUT2D eigenvalue weighted by molar-refractivity contribution is 0.162. The Balaban J connectivity index is 1.88. The third kappa shape index (κ3) is 2.93. The fraction of sp³-hybridized carbons (Fsp3) is 0.818. The molecule has 90 valence electrons. The highest BCUT2D eigenvalue weighted by Gasteiger charge is 2.22. The Kier molecular flexibility index (Phi) is 4.16. The van der Waals surface area contributed by atoms with E-state index in [0.29, 0.717) is 6.04 Å². The van der Waals surface area contributed by atoms with Gasteiger partial charge < -0.3 is 0 Å². The topological polar surface area (TPSA) is 29.0 Å². The number of rotatable bonds is 3. The molecule has 0 unspecified atom stereocenters. The van der Waals surface area contributed by atoms with Crippen LogP contribution in [0.3, 0.4) is 0 Å². The highest BCUT2D eigenvalue weighted by Crippen LogP contribution is 2.28. The second kappa shape index (κ2) is 5.43. The molecule has 0 aliphatic heterocycles. The van der Waals surface area contributed by atoms with Crippen LogP contribution in [0.15, 0.2) is 0 Å². The molecule has 0 spiro atoms. The Labute approximate surface area is 106 Å². The number of hydrogen-bond acceptors (Lipinski definition) is 4. The predicted octanol–water partition coefficient (Wildman–Crippen LogP) is 3.20. The van der Waals surface area contributed by atoms with E-state index in [9.17, 15) is 0 Å². The van der Waals surface area contributed by atoms with Crippen LogP contribution in [0.4, 0.5) is 0 Å². The Morgan fingerprint density at radius 2 is 2.06 bits per heavy atom. The van der Waals surface area contributed by atoms with Gasteiger partial charge >= 0.3 is 0 Å². The standard InChI is InChI=1S/C11H18ClN3S/c1-8-3-5-9(6-4-8)15(2)7-10-11(12)16-14-13-10/h8-9H,3-7H2,1-2H3. The van der Waals surface area contributed by atoms with Crippen molar-refractivity contribution >= 4 is 23.1 Å². The van der Waals surface area contributed by atoms with Crippen LogP contribution in [0.25, 0.3) is 0 Å². The largest absolute Gasteiger partial charge is 0.297 e. The molecule has 0 aromatic carbocycles. The summed E-state index contributed by atoms with van der Waals surface area (Å²) in [4.78, 5) is 2.37. The van der Waals surface area contributed by atoms with E-state index in [1.165, 1.54) is 37.2 Å². The van der Waals surface area contributed by atoms with Gasteiger partial charge in [0.25, 0.3) is 0 Å². The van der Waals surface area contributed by atoms with Crippen molar-refractivity contribution in [2.45, 2.75) is 45.2 Å². The van der Waals surface area contributed by atoms with Crippen molar-refractivity contribution in [1.82, 2.24) is 14.5 Å². The molecule has 0 N–H and O–H groups in total. The van der Waals surface area contributed by atoms with Gasteiger partial charge in [-0.25, -0.2) is 0 Å². The molecule has 1 heterocycles. The fourth-order valence-corrected chi connectivity index (χ4v) is 2.95. The van der Waals surface area contributed by atoms with Crippen LogP contribution < -0.4 is 0 Å². The van der Waals surface area contributed by atoms with Gasteiger partial charge in [-0.2, -0.15) is 0 Å². The van der Waals surface area contributed by atoms with Gasteiger partial charge in [0.15, 0.2) is 0 Å². The third-order valence-electron chi connectivity index (χ3n) is 3.52. The van der Waals surface area contributed by atoms with Gasteiger partial charge in [0.2, 0.25) is 0 Å². The zero-order valence-corrected chi connectivity index (χ0v) is 11.4. The van der Waals surface area contributed by atoms with Crippen molar-refractivity contribution in [3.63, 3.8) is 0 Å². The van der Waals surface area contributed by atoms with Gasteiger partial charge in [0.1, 0.15) is 10.0 Å². The minimum Gasteiger partial charge on any atom is -0.297 e. The monoisotopic (exact) mass is 259 g/mol. The highest BCUT2D eigenvalue weighted by atomic mass is 35.5. The molecule has 5 heteroatoms. The lowest BCUT2D eigenvalue weighted by Crippen LogP contribution is -2.34. The molecule has 1 fully saturated rings. The summed E-state index contributed by atoms with van der Waals surface area (Å²) in [6, 6.07) is 0.689. The van der Waals surface area contributed by atoms with E-state index < -0.39 is 0 Å². The summed E-state index contributed by atoms with van der Waals surface area (Å²) in [5, 5.41) is 4.06. The van der Waals surface area contributed by atoms with E-state index in [1.807, 2.05) is 0 Å². The van der Waals surface area contributed by atoms with Crippen molar-refractivity contribution in [3.8, 4) is 0 Å². The molecule has 16 heavy (non-hydrogen) atoms. The molecular formula is C11H18ClN3S. The van der Waals surface area contributed by atoms with Crippen molar-refractivity contribution in [2.24, 2.45) is 5.92 Å². The molecule has 0 amide bonds. The summed E-state index contributed by atoms with van der Waals surface area (Å²) >= 11 is 7.28. The molecular weight excluding hydrogens is 242 g/mol. The van der Waals surface area contributed by atoms with Gasteiger partial charge in [-0.3, -0.25) is 4.90 Å². The molecule has 0 saturated heterocycles. The first-order valence-electron chi connectivity index (χ1n) is 5.83. The third-order valence-corrected chi connectivity index (χ3v) is 4.50. The molecule has 0 radical (unpaired) electrons. The van der Waals surface area contributed by atoms with Crippen molar-refractivity contribution in [2.75, 3.05) is 7.05 Å². The van der Waals surface area contributed by atoms with E-state index in [1.54, 1.807) is 0 Å². The molecule has 1 aliphatic rings. The molecule has 1 aromatic rings. The second-order valence-corrected chi connectivity index (χ2v) is 6.18. The van der Waals surface area contributed by atoms with Crippen LogP contribution in [0.5, 0.6) is 0 Å². The quantitative estimate of drug-likeness (QED) is 0.835. The molecule has 1 saturated carbocycles. The van der Waals surface area contributed by atoms with Crippen LogP contribution in [0, 0.1) is 5.92 Å². The van der Waals surface area contributed by atoms with Crippen LogP contribution in [0.1, 0.15) is 38.3 Å². The number of halogens is 1. The average Bonchev–Trinajstić information content (AvgIpc) is 2.65. The van der Waals surface area contributed by atoms with E-state index in [4.69, 9.17) is 11.6 Å². The number of nitrogens with zero attached hydrogens (tertiary/aromatic N) is 3. The molecule has 0 bridgehead atoms. The molecule has 2 rings (SSSR count). The Bertz CT molecular complexity index is 334. The van der Waals surface area contributed by atoms with Crippen molar-refractivity contribution in [3.05, 3.63) is 10.0 Å². The van der Waals surface area contributed by atoms with Gasteiger partial charge in [0, 0.05) is 24.1 Å². The maximum Gasteiger partial charge on any atom is 0.138 e. The van der Waals surface area contributed by atoms with Crippen molar-refractivity contribution < 1.29 is 0 Å². The fourth-order valence-electron chi connectivity index (χ4n) is 2.34. The first kappa shape index (κ1) is 12.3. The molecule has 0 atom stereocenters. The van der Waals surface area contributed by atoms with Gasteiger partial charge in [-0.15, -0.1) is 5.10 Å². The van der Waals surface area contributed by atoms with Gasteiger partial charge in [-0.05, 0) is 38.6 Å². The number of aromatic nitrogens is 2. The lowest BCUT2D eigenvalue weighted by atomic mass is 9.87. The van der Waals surface area contributed by atoms with E-state index >= 15 is 0 Å². The Morgan fingerprint density at radius 1 is 1.38 bits per heavy atom. The SMILES string of the molecule is CC1CCC(N(C)Cc2nnsc2Cl)CC1. The smallest absolute Gasteiger partial charge is 0.138 e. The first-order chi connectivity index (χ1) is 7.66. The second-order valence-electron chi connectivity index (χ2n) is 4.82. The highest BCUT2D eigenvalue weighted by molar-refractivity contribution is 7.10. The summed E-state index contributed by atoms with van der Waals surface area (Å²) in [5.41, 5.74) is 0.924. The van der Waals surface area contributed by atoms with Crippen LogP contribution in [0.2, 0.25) is 4.34 Å². The first-order valence-corrected chi connectivity index (χ1v) is 6.99. The minimum absolute atomic E-state index is 0.689. The summed E-state index contributed by atoms with van der Waals surface area (Å²) < 4.78 is 4.60. The Hall–Kier alpha value is -0.190. The number of hydrogen-bond donors (Lipinski definition) is 0. The zero-order valence-electron chi connectivity index (χ0n) is 9.82. The van der Waals surface area contributed by atoms with Gasteiger partial charge in [0.05, 0.1) is 0 Å². The normalized spacial score (nSPS) is 26.2.